The molecule has 2 aliphatic carbocycles. The highest BCUT2D eigenvalue weighted by Crippen LogP contribution is 2.38. The number of pyridine rings is 1. The number of esters is 1. The first-order valence-electron chi connectivity index (χ1n) is 19.2. The van der Waals surface area contributed by atoms with Gasteiger partial charge in [0.05, 0.1) is 25.0 Å². The monoisotopic (exact) mass is 762 g/mol. The fourth-order valence-corrected chi connectivity index (χ4v) is 7.39. The Bertz CT molecular complexity index is 1980. The van der Waals surface area contributed by atoms with Gasteiger partial charge in [-0.15, -0.1) is 0 Å². The van der Waals surface area contributed by atoms with Crippen LogP contribution in [-0.4, -0.2) is 54.4 Å². The lowest BCUT2D eigenvalue weighted by Crippen LogP contribution is -2.19. The molecule has 2 aromatic carbocycles. The van der Waals surface area contributed by atoms with Crippen LogP contribution in [0.4, 0.5) is 17.2 Å². The third-order valence-electron chi connectivity index (χ3n) is 9.04. The zero-order valence-corrected chi connectivity index (χ0v) is 35.0. The summed E-state index contributed by atoms with van der Waals surface area (Å²) in [6, 6.07) is 15.9. The molecule has 0 amide bonds. The Morgan fingerprint density at radius 2 is 1.67 bits per heavy atom. The summed E-state index contributed by atoms with van der Waals surface area (Å²) in [6.07, 6.45) is 19.7. The van der Waals surface area contributed by atoms with E-state index in [1.54, 1.807) is 12.3 Å². The number of likely N-dealkylation sites (N-methyl/N-ethyl adjacent to an activating group) is 1. The average Bonchev–Trinajstić information content (AvgIpc) is 3.53. The molecule has 0 saturated heterocycles. The molecule has 1 heterocycles. The van der Waals surface area contributed by atoms with Gasteiger partial charge in [0.1, 0.15) is 22.6 Å². The van der Waals surface area contributed by atoms with Gasteiger partial charge in [-0.25, -0.2) is 14.0 Å². The van der Waals surface area contributed by atoms with E-state index in [0.29, 0.717) is 36.9 Å². The minimum Gasteiger partial charge on any atom is -0.493 e. The zero-order valence-electron chi connectivity index (χ0n) is 34.2. The summed E-state index contributed by atoms with van der Waals surface area (Å²) in [4.78, 5) is 21.8. The van der Waals surface area contributed by atoms with Gasteiger partial charge in [0, 0.05) is 61.2 Å². The molecule has 2 aliphatic rings. The third-order valence-corrected chi connectivity index (χ3v) is 10.3. The number of allylic oxidation sites excluding steroid dienone is 8. The maximum atomic E-state index is 13.8. The molecule has 292 valence electrons. The molecule has 55 heavy (non-hydrogen) atoms. The number of rotatable bonds is 14. The number of nitrogens with zero attached hydrogens (tertiary/aromatic N) is 3. The topological polar surface area (TPSA) is 84.0 Å². The Kier molecular flexibility index (Phi) is 15.9. The van der Waals surface area contributed by atoms with Gasteiger partial charge in [-0.1, -0.05) is 96.2 Å². The van der Waals surface area contributed by atoms with E-state index >= 15 is 0 Å². The molecule has 1 atom stereocenters. The van der Waals surface area contributed by atoms with Crippen LogP contribution in [0, 0.1) is 5.92 Å². The molecule has 0 spiro atoms. The summed E-state index contributed by atoms with van der Waals surface area (Å²) in [7, 11) is 4.02. The lowest BCUT2D eigenvalue weighted by molar-refractivity contribution is 0.0600. The second-order valence-electron chi connectivity index (χ2n) is 14.0. The summed E-state index contributed by atoms with van der Waals surface area (Å²) in [5.74, 6) is 1.75. The molecule has 0 radical (unpaired) electrons. The van der Waals surface area contributed by atoms with Gasteiger partial charge in [-0.2, -0.15) is 0 Å². The van der Waals surface area contributed by atoms with E-state index in [1.165, 1.54) is 7.11 Å². The lowest BCUT2D eigenvalue weighted by atomic mass is 9.97. The largest absolute Gasteiger partial charge is 0.493 e. The highest BCUT2D eigenvalue weighted by molar-refractivity contribution is 7.90. The lowest BCUT2D eigenvalue weighted by Gasteiger charge is -2.27. The smallest absolute Gasteiger partial charge is 0.339 e. The molecule has 5 rings (SSSR count). The van der Waals surface area contributed by atoms with Crippen LogP contribution in [0.1, 0.15) is 94.3 Å². The van der Waals surface area contributed by atoms with E-state index in [1.807, 2.05) is 58.3 Å². The van der Waals surface area contributed by atoms with Gasteiger partial charge in [0.2, 0.25) is 0 Å². The van der Waals surface area contributed by atoms with Crippen LogP contribution in [-0.2, 0) is 15.7 Å². The van der Waals surface area contributed by atoms with Crippen molar-refractivity contribution >= 4 is 46.3 Å². The molecule has 1 aromatic heterocycles. The van der Waals surface area contributed by atoms with E-state index in [4.69, 9.17) is 9.47 Å². The molecule has 0 aliphatic heterocycles. The number of fused-ring (bicyclic) bond motifs is 1. The summed E-state index contributed by atoms with van der Waals surface area (Å²) in [6.45, 7) is 16.0. The van der Waals surface area contributed by atoms with E-state index in [0.717, 1.165) is 62.0 Å². The maximum absolute atomic E-state index is 13.8. The number of benzene rings is 2. The first-order chi connectivity index (χ1) is 26.5. The Hall–Kier alpha value is -5.15. The van der Waals surface area contributed by atoms with Crippen molar-refractivity contribution < 1.29 is 18.5 Å². The second-order valence-corrected chi connectivity index (χ2v) is 15.2. The Labute approximate surface area is 331 Å². The number of hydrogen-bond donors (Lipinski definition) is 1. The predicted molar refractivity (Wildman–Crippen MR) is 232 cm³/mol. The van der Waals surface area contributed by atoms with Crippen molar-refractivity contribution in [3.05, 3.63) is 135 Å². The molecular weight excluding hydrogens is 705 g/mol. The van der Waals surface area contributed by atoms with Crippen LogP contribution in [0.5, 0.6) is 5.75 Å². The number of anilines is 3. The minimum absolute atomic E-state index is 0.239. The summed E-state index contributed by atoms with van der Waals surface area (Å²) in [5, 5.41) is 0. The quantitative estimate of drug-likeness (QED) is 0.129. The van der Waals surface area contributed by atoms with Crippen molar-refractivity contribution in [1.82, 2.24) is 9.88 Å². The van der Waals surface area contributed by atoms with Gasteiger partial charge in [0.25, 0.3) is 0 Å². The molecule has 0 bridgehead atoms. The van der Waals surface area contributed by atoms with Crippen molar-refractivity contribution in [2.75, 3.05) is 44.0 Å². The summed E-state index contributed by atoms with van der Waals surface area (Å²) < 4.78 is 28.4. The number of carbonyl (C=O) groups is 1. The van der Waals surface area contributed by atoms with E-state index in [9.17, 15) is 9.00 Å². The molecule has 9 heteroatoms. The summed E-state index contributed by atoms with van der Waals surface area (Å²) >= 11 is 0. The highest BCUT2D eigenvalue weighted by Gasteiger charge is 2.23. The highest BCUT2D eigenvalue weighted by atomic mass is 32.2. The van der Waals surface area contributed by atoms with Crippen LogP contribution >= 0.6 is 0 Å². The van der Waals surface area contributed by atoms with Gasteiger partial charge >= 0.3 is 5.97 Å². The number of ether oxygens (including phenoxy) is 2. The van der Waals surface area contributed by atoms with Gasteiger partial charge < -0.3 is 24.0 Å². The van der Waals surface area contributed by atoms with Gasteiger partial charge in [-0.3, -0.25) is 0 Å². The molecule has 0 fully saturated rings. The second kappa shape index (κ2) is 20.5. The van der Waals surface area contributed by atoms with Gasteiger partial charge in [-0.05, 0) is 83.9 Å². The number of hydrogen-bond acceptors (Lipinski definition) is 7. The first kappa shape index (κ1) is 42.6. The van der Waals surface area contributed by atoms with E-state index < -0.39 is 17.0 Å². The molecule has 0 saturated carbocycles. The predicted octanol–water partition coefficient (Wildman–Crippen LogP) is 11.0. The van der Waals surface area contributed by atoms with E-state index in [-0.39, 0.29) is 5.92 Å². The zero-order chi connectivity index (χ0) is 40.1. The molecule has 3 aromatic rings. The number of methoxy groups -OCH3 is 1. The number of aromatic nitrogens is 1. The van der Waals surface area contributed by atoms with Crippen LogP contribution in [0.3, 0.4) is 0 Å². The minimum atomic E-state index is -1.42. The average molecular weight is 763 g/mol. The normalized spacial score (nSPS) is 14.3. The van der Waals surface area contributed by atoms with Crippen molar-refractivity contribution in [2.24, 2.45) is 5.92 Å². The van der Waals surface area contributed by atoms with Crippen LogP contribution in [0.15, 0.2) is 113 Å². The van der Waals surface area contributed by atoms with E-state index in [2.05, 4.69) is 115 Å². The fraction of sp³-hybridized carbons (Fsp3) is 0.348. The fourth-order valence-electron chi connectivity index (χ4n) is 6.25. The number of nitrogens with one attached hydrogen (secondary N) is 1. The molecule has 8 nitrogen and oxygen atoms in total. The first-order valence-corrected chi connectivity index (χ1v) is 20.4. The van der Waals surface area contributed by atoms with Gasteiger partial charge in [0.15, 0.2) is 0 Å². The standard InChI is InChI=1S/C44H52N4O4S.C2H6/c1-9-48(43-25-22-34(28-45-43)44(49)51-8)40-27-41(52-29-30(2)3)38(31(4)5)26-33(40)21-18-32-19-23-35(24-20-32)46-53(50)42-17-13-11-14-36-37(42)15-10-12-16-39(36)47(6)7;1-2/h10-14,16,18-28,30-31,46H,9,15,17,29H2,1-8H3;1-2H3/b21-18+;. The molecular formula is C46H58N4O4S. The molecule has 1 N–H and O–H groups in total. The van der Waals surface area contributed by atoms with Crippen LogP contribution < -0.4 is 14.4 Å². The number of carbonyl (C=O) groups excluding carboxylic acids is 1. The third kappa shape index (κ3) is 11.0. The van der Waals surface area contributed by atoms with Crippen molar-refractivity contribution in [3.63, 3.8) is 0 Å². The van der Waals surface area contributed by atoms with Crippen molar-refractivity contribution in [2.45, 2.75) is 67.2 Å². The maximum Gasteiger partial charge on any atom is 0.339 e. The Balaban J connectivity index is 0.00000331. The Morgan fingerprint density at radius 1 is 0.964 bits per heavy atom. The van der Waals surface area contributed by atoms with Crippen LogP contribution in [0.2, 0.25) is 0 Å². The molecule has 1 unspecified atom stereocenters. The van der Waals surface area contributed by atoms with Crippen molar-refractivity contribution in [1.29, 1.82) is 0 Å². The van der Waals surface area contributed by atoms with Crippen molar-refractivity contribution in [3.8, 4) is 5.75 Å². The van der Waals surface area contributed by atoms with Crippen LogP contribution in [0.25, 0.3) is 12.2 Å². The Morgan fingerprint density at radius 3 is 2.29 bits per heavy atom. The summed E-state index contributed by atoms with van der Waals surface area (Å²) in [5.41, 5.74) is 8.57. The SMILES string of the molecule is CC.CCN(c1ccc(C(=O)OC)cn1)c1cc(OCC(C)C)c(C(C)C)cc1/C=C/c1ccc(NS(=O)C2=C3CC=CC=C(N(C)C)C3=CC=CC2)cc1.